The number of aromatic nitrogens is 2. The molecule has 0 bridgehead atoms. The molecule has 8 heteroatoms. The largest absolute Gasteiger partial charge is 0.381 e. The van der Waals surface area contributed by atoms with Crippen molar-refractivity contribution in [3.8, 4) is 0 Å². The topological polar surface area (TPSA) is 86.9 Å². The van der Waals surface area contributed by atoms with Crippen LogP contribution in [0.25, 0.3) is 5.52 Å². The molecule has 1 aliphatic carbocycles. The molecular formula is C23H29BrN4O3. The summed E-state index contributed by atoms with van der Waals surface area (Å²) < 4.78 is 2.65. The van der Waals surface area contributed by atoms with Gasteiger partial charge in [0.1, 0.15) is 5.60 Å². The number of nitrogens with one attached hydrogen (secondary N) is 1. The Morgan fingerprint density at radius 3 is 2.74 bits per heavy atom. The summed E-state index contributed by atoms with van der Waals surface area (Å²) in [5.74, 6) is 0.184. The van der Waals surface area contributed by atoms with E-state index in [9.17, 15) is 14.7 Å². The minimum atomic E-state index is -1.39. The first kappa shape index (κ1) is 22.0. The number of fused-ring (bicyclic) bond motifs is 2. The Bertz CT molecular complexity index is 1070. The summed E-state index contributed by atoms with van der Waals surface area (Å²) in [4.78, 5) is 26.8. The Morgan fingerprint density at radius 1 is 1.45 bits per heavy atom. The number of rotatable bonds is 5. The predicted molar refractivity (Wildman–Crippen MR) is 123 cm³/mol. The van der Waals surface area contributed by atoms with Crippen molar-refractivity contribution < 1.29 is 14.7 Å². The van der Waals surface area contributed by atoms with E-state index in [4.69, 9.17) is 0 Å². The number of hydrogen-bond acceptors (Lipinski definition) is 5. The predicted octanol–water partition coefficient (Wildman–Crippen LogP) is 3.52. The summed E-state index contributed by atoms with van der Waals surface area (Å²) in [6.45, 7) is 12.1. The van der Waals surface area contributed by atoms with Gasteiger partial charge in [-0.15, -0.1) is 6.58 Å². The fraction of sp³-hybridized carbons (Fsp3) is 0.522. The van der Waals surface area contributed by atoms with Crippen LogP contribution in [0.5, 0.6) is 0 Å². The van der Waals surface area contributed by atoms with Crippen LogP contribution in [-0.4, -0.2) is 56.0 Å². The standard InChI is InChI=1S/C23H29BrN4O3/c1-6-23-8-18(13(2)17(23)11-27(12-23)21(30)22(4,5)31)26-20-16(14(3)29)9-25-28-10-15(24)7-19(20)28/h6-7,9-10,13,17-18,26,31H,1,8,11-12H2,2-5H3. The zero-order valence-electron chi connectivity index (χ0n) is 18.4. The number of Topliss-reactive ketones (excluding diaryl/α,β-unsaturated/α-hetero) is 1. The number of likely N-dealkylation sites (tertiary alicyclic amines) is 1. The lowest BCUT2D eigenvalue weighted by Crippen LogP contribution is -2.45. The number of halogens is 1. The number of anilines is 1. The first-order chi connectivity index (χ1) is 14.5. The summed E-state index contributed by atoms with van der Waals surface area (Å²) in [7, 11) is 0. The Kier molecular flexibility index (Phi) is 5.29. The average molecular weight is 489 g/mol. The molecule has 0 aromatic carbocycles. The van der Waals surface area contributed by atoms with Gasteiger partial charge in [0, 0.05) is 35.2 Å². The molecule has 2 aromatic rings. The highest BCUT2D eigenvalue weighted by molar-refractivity contribution is 9.10. The number of aliphatic hydroxyl groups is 1. The molecule has 0 radical (unpaired) electrons. The Labute approximate surface area is 190 Å². The minimum absolute atomic E-state index is 0.0407. The number of nitrogens with zero attached hydrogens (tertiary/aromatic N) is 3. The molecule has 1 saturated carbocycles. The van der Waals surface area contributed by atoms with Gasteiger partial charge in [0.15, 0.2) is 5.78 Å². The molecule has 4 atom stereocenters. The summed E-state index contributed by atoms with van der Waals surface area (Å²) in [5.41, 5.74) is 0.585. The molecule has 1 amide bonds. The zero-order chi connectivity index (χ0) is 22.7. The third kappa shape index (κ3) is 3.59. The van der Waals surface area contributed by atoms with Crippen LogP contribution in [-0.2, 0) is 4.79 Å². The number of amides is 1. The van der Waals surface area contributed by atoms with E-state index in [1.165, 1.54) is 13.8 Å². The highest BCUT2D eigenvalue weighted by Gasteiger charge is 2.56. The van der Waals surface area contributed by atoms with Crippen molar-refractivity contribution in [3.63, 3.8) is 0 Å². The SMILES string of the molecule is C=CC12CC(Nc3c(C(C)=O)cnn4cc(Br)cc34)C(C)C1CN(C(=O)C(C)(C)O)C2. The Balaban J connectivity index is 1.65. The van der Waals surface area contributed by atoms with Crippen LogP contribution in [0.4, 0.5) is 5.69 Å². The second-order valence-electron chi connectivity index (χ2n) is 9.58. The molecule has 0 spiro atoms. The molecule has 7 nitrogen and oxygen atoms in total. The number of carbonyl (C=O) groups excluding carboxylic acids is 2. The van der Waals surface area contributed by atoms with Gasteiger partial charge in [0.2, 0.25) is 0 Å². The fourth-order valence-electron chi connectivity index (χ4n) is 5.39. The van der Waals surface area contributed by atoms with E-state index in [-0.39, 0.29) is 35.0 Å². The lowest BCUT2D eigenvalue weighted by atomic mass is 9.79. The van der Waals surface area contributed by atoms with Crippen LogP contribution in [0, 0.1) is 17.3 Å². The summed E-state index contributed by atoms with van der Waals surface area (Å²) >= 11 is 3.50. The molecule has 2 aromatic heterocycles. The quantitative estimate of drug-likeness (QED) is 0.496. The van der Waals surface area contributed by atoms with Gasteiger partial charge in [-0.2, -0.15) is 5.10 Å². The monoisotopic (exact) mass is 488 g/mol. The van der Waals surface area contributed by atoms with Crippen molar-refractivity contribution in [3.05, 3.63) is 41.2 Å². The van der Waals surface area contributed by atoms with Gasteiger partial charge in [-0.3, -0.25) is 9.59 Å². The number of ketones is 1. The molecule has 2 N–H and O–H groups in total. The number of hydrogen-bond donors (Lipinski definition) is 2. The average Bonchev–Trinajstić information content (AvgIpc) is 3.32. The maximum atomic E-state index is 12.7. The van der Waals surface area contributed by atoms with Gasteiger partial charge >= 0.3 is 0 Å². The normalized spacial score (nSPS) is 28.1. The zero-order valence-corrected chi connectivity index (χ0v) is 19.9. The van der Waals surface area contributed by atoms with Crippen LogP contribution in [0.3, 0.4) is 0 Å². The van der Waals surface area contributed by atoms with Crippen molar-refractivity contribution >= 4 is 38.8 Å². The minimum Gasteiger partial charge on any atom is -0.381 e. The van der Waals surface area contributed by atoms with Gasteiger partial charge in [0.25, 0.3) is 5.91 Å². The van der Waals surface area contributed by atoms with Gasteiger partial charge in [-0.25, -0.2) is 4.52 Å². The van der Waals surface area contributed by atoms with Crippen molar-refractivity contribution in [2.45, 2.75) is 45.8 Å². The van der Waals surface area contributed by atoms with Crippen LogP contribution in [0.15, 0.2) is 35.6 Å². The molecule has 4 unspecified atom stereocenters. The van der Waals surface area contributed by atoms with E-state index in [0.29, 0.717) is 18.7 Å². The van der Waals surface area contributed by atoms with Crippen molar-refractivity contribution in [1.82, 2.24) is 14.5 Å². The van der Waals surface area contributed by atoms with Crippen LogP contribution < -0.4 is 5.32 Å². The maximum absolute atomic E-state index is 12.7. The van der Waals surface area contributed by atoms with Crippen LogP contribution in [0.1, 0.15) is 44.5 Å². The molecular weight excluding hydrogens is 460 g/mol. The van der Waals surface area contributed by atoms with Gasteiger partial charge in [-0.05, 0) is 61.0 Å². The van der Waals surface area contributed by atoms with Gasteiger partial charge < -0.3 is 15.3 Å². The van der Waals surface area contributed by atoms with E-state index in [1.54, 1.807) is 22.5 Å². The van der Waals surface area contributed by atoms with E-state index < -0.39 is 5.60 Å². The van der Waals surface area contributed by atoms with Gasteiger partial charge in [-0.1, -0.05) is 13.0 Å². The van der Waals surface area contributed by atoms with E-state index >= 15 is 0 Å². The third-order valence-electron chi connectivity index (χ3n) is 7.04. The molecule has 2 aliphatic rings. The molecule has 3 heterocycles. The second kappa shape index (κ2) is 7.45. The van der Waals surface area contributed by atoms with E-state index in [1.807, 2.05) is 18.3 Å². The van der Waals surface area contributed by atoms with Gasteiger partial charge in [0.05, 0.1) is 23.0 Å². The highest BCUT2D eigenvalue weighted by atomic mass is 79.9. The maximum Gasteiger partial charge on any atom is 0.253 e. The Hall–Kier alpha value is -2.19. The van der Waals surface area contributed by atoms with Crippen molar-refractivity contribution in [2.24, 2.45) is 17.3 Å². The molecule has 1 saturated heterocycles. The summed E-state index contributed by atoms with van der Waals surface area (Å²) in [5, 5.41) is 18.2. The smallest absolute Gasteiger partial charge is 0.253 e. The Morgan fingerprint density at radius 2 is 2.16 bits per heavy atom. The van der Waals surface area contributed by atoms with Crippen LogP contribution in [0.2, 0.25) is 0 Å². The van der Waals surface area contributed by atoms with E-state index in [2.05, 4.69) is 39.8 Å². The first-order valence-electron chi connectivity index (χ1n) is 10.6. The molecule has 166 valence electrons. The highest BCUT2D eigenvalue weighted by Crippen LogP contribution is 2.53. The lowest BCUT2D eigenvalue weighted by Gasteiger charge is -2.29. The molecule has 1 aliphatic heterocycles. The number of carbonyl (C=O) groups is 2. The lowest BCUT2D eigenvalue weighted by molar-refractivity contribution is -0.147. The van der Waals surface area contributed by atoms with Crippen molar-refractivity contribution in [2.75, 3.05) is 18.4 Å². The van der Waals surface area contributed by atoms with Crippen LogP contribution >= 0.6 is 15.9 Å². The fourth-order valence-corrected chi connectivity index (χ4v) is 5.80. The molecule has 31 heavy (non-hydrogen) atoms. The third-order valence-corrected chi connectivity index (χ3v) is 7.47. The summed E-state index contributed by atoms with van der Waals surface area (Å²) in [6, 6.07) is 2.07. The second-order valence-corrected chi connectivity index (χ2v) is 10.5. The summed E-state index contributed by atoms with van der Waals surface area (Å²) in [6.07, 6.45) is 6.25. The first-order valence-corrected chi connectivity index (χ1v) is 11.4. The van der Waals surface area contributed by atoms with Crippen molar-refractivity contribution in [1.29, 1.82) is 0 Å². The molecule has 4 rings (SSSR count). The van der Waals surface area contributed by atoms with E-state index in [0.717, 1.165) is 22.1 Å². The molecule has 2 fully saturated rings.